The van der Waals surface area contributed by atoms with Crippen LogP contribution in [0.5, 0.6) is 5.75 Å². The molecule has 5 aromatic heterocycles. The van der Waals surface area contributed by atoms with Gasteiger partial charge in [-0.05, 0) is 68.9 Å². The van der Waals surface area contributed by atoms with Crippen molar-refractivity contribution in [3.63, 3.8) is 0 Å². The van der Waals surface area contributed by atoms with Gasteiger partial charge in [-0.15, -0.1) is 0 Å². The molecule has 12 heteroatoms. The Bertz CT molecular complexity index is 2030. The van der Waals surface area contributed by atoms with Crippen LogP contribution in [0.3, 0.4) is 0 Å². The van der Waals surface area contributed by atoms with Crippen molar-refractivity contribution in [2.24, 2.45) is 5.92 Å². The summed E-state index contributed by atoms with van der Waals surface area (Å²) < 4.78 is 20.5. The average Bonchev–Trinajstić information content (AvgIpc) is 3.69. The summed E-state index contributed by atoms with van der Waals surface area (Å²) in [6.07, 6.45) is 10.2. The number of carbonyl (C=O) groups is 1. The highest BCUT2D eigenvalue weighted by Gasteiger charge is 2.22. The summed E-state index contributed by atoms with van der Waals surface area (Å²) in [6.45, 7) is 1.15. The van der Waals surface area contributed by atoms with Crippen LogP contribution < -0.4 is 10.1 Å². The lowest BCUT2D eigenvalue weighted by Gasteiger charge is -2.20. The van der Waals surface area contributed by atoms with E-state index in [1.807, 2.05) is 49.3 Å². The molecule has 234 valence electrons. The van der Waals surface area contributed by atoms with Crippen molar-refractivity contribution in [2.75, 3.05) is 32.6 Å². The van der Waals surface area contributed by atoms with Gasteiger partial charge in [0.1, 0.15) is 23.7 Å². The van der Waals surface area contributed by atoms with Gasteiger partial charge in [0.05, 0.1) is 28.6 Å². The number of nitrogens with one attached hydrogen (secondary N) is 3. The number of benzene rings is 1. The molecule has 0 bridgehead atoms. The molecule has 3 N–H and O–H groups in total. The molecule has 5 heterocycles. The molecule has 1 aliphatic carbocycles. The maximum atomic E-state index is 14.7. The Hall–Kier alpha value is -5.23. The van der Waals surface area contributed by atoms with Crippen molar-refractivity contribution in [3.05, 3.63) is 66.9 Å². The van der Waals surface area contributed by atoms with E-state index in [-0.39, 0.29) is 11.8 Å². The summed E-state index contributed by atoms with van der Waals surface area (Å²) in [6, 6.07) is 12.1. The van der Waals surface area contributed by atoms with E-state index < -0.39 is 5.82 Å². The summed E-state index contributed by atoms with van der Waals surface area (Å²) in [4.78, 5) is 36.6. The molecule has 0 spiro atoms. The van der Waals surface area contributed by atoms with E-state index in [0.717, 1.165) is 42.3 Å². The summed E-state index contributed by atoms with van der Waals surface area (Å²) in [5, 5.41) is 10.6. The Labute approximate surface area is 264 Å². The number of pyridine rings is 3. The molecule has 0 unspecified atom stereocenters. The van der Waals surface area contributed by atoms with Crippen LogP contribution in [0.25, 0.3) is 56.1 Å². The number of likely N-dealkylation sites (N-methyl/N-ethyl adjacent to an activating group) is 1. The maximum Gasteiger partial charge on any atom is 0.227 e. The highest BCUT2D eigenvalue weighted by atomic mass is 19.1. The Morgan fingerprint density at radius 2 is 1.91 bits per heavy atom. The fourth-order valence-electron chi connectivity index (χ4n) is 5.89. The predicted molar refractivity (Wildman–Crippen MR) is 175 cm³/mol. The number of H-pyrrole nitrogens is 2. The zero-order valence-corrected chi connectivity index (χ0v) is 25.7. The van der Waals surface area contributed by atoms with E-state index >= 15 is 0 Å². The first kappa shape index (κ1) is 29.5. The van der Waals surface area contributed by atoms with Crippen molar-refractivity contribution in [2.45, 2.75) is 32.1 Å². The van der Waals surface area contributed by atoms with E-state index in [4.69, 9.17) is 14.7 Å². The average molecular weight is 620 g/mol. The molecular formula is C34H34FN9O2. The molecule has 6 aromatic rings. The van der Waals surface area contributed by atoms with Crippen LogP contribution in [0.15, 0.2) is 61.1 Å². The predicted octanol–water partition coefficient (Wildman–Crippen LogP) is 6.22. The van der Waals surface area contributed by atoms with E-state index in [2.05, 4.69) is 30.5 Å². The van der Waals surface area contributed by atoms with Crippen molar-refractivity contribution in [1.82, 2.24) is 40.0 Å². The van der Waals surface area contributed by atoms with Gasteiger partial charge in [-0.2, -0.15) is 5.10 Å². The zero-order chi connectivity index (χ0) is 31.6. The largest absolute Gasteiger partial charge is 0.492 e. The van der Waals surface area contributed by atoms with E-state index in [1.54, 1.807) is 18.6 Å². The fourth-order valence-corrected chi connectivity index (χ4v) is 5.89. The molecule has 0 aliphatic heterocycles. The van der Waals surface area contributed by atoms with Gasteiger partial charge in [0.2, 0.25) is 5.91 Å². The van der Waals surface area contributed by atoms with Crippen LogP contribution in [-0.4, -0.2) is 73.2 Å². The summed E-state index contributed by atoms with van der Waals surface area (Å²) in [7, 11) is 3.91. The van der Waals surface area contributed by atoms with Crippen LogP contribution in [-0.2, 0) is 4.79 Å². The smallest absolute Gasteiger partial charge is 0.227 e. The SMILES string of the molecule is CN(C)CCOc1cc(F)cc(-c2ccnc3nc(-c4n[nH]c5ccc(-c6cncc(NC(=O)C7CCCCC7)c6)nc45)[nH]c23)c1. The lowest BCUT2D eigenvalue weighted by Crippen LogP contribution is -2.24. The fraction of sp³-hybridized carbons (Fsp3) is 0.294. The normalized spacial score (nSPS) is 13.9. The topological polar surface area (TPSA) is 138 Å². The number of carbonyl (C=O) groups excluding carboxylic acids is 1. The van der Waals surface area contributed by atoms with Gasteiger partial charge >= 0.3 is 0 Å². The van der Waals surface area contributed by atoms with E-state index in [9.17, 15) is 9.18 Å². The number of fused-ring (bicyclic) bond motifs is 2. The number of nitrogens with zero attached hydrogens (tertiary/aromatic N) is 6. The minimum absolute atomic E-state index is 0.0448. The number of imidazole rings is 1. The minimum atomic E-state index is -0.399. The van der Waals surface area contributed by atoms with Crippen LogP contribution in [0.2, 0.25) is 0 Å². The van der Waals surface area contributed by atoms with E-state index in [1.165, 1.54) is 18.6 Å². The molecule has 46 heavy (non-hydrogen) atoms. The number of hydrogen-bond donors (Lipinski definition) is 3. The Kier molecular flexibility index (Phi) is 8.10. The molecule has 11 nitrogen and oxygen atoms in total. The number of hydrogen-bond acceptors (Lipinski definition) is 8. The van der Waals surface area contributed by atoms with Gasteiger partial charge in [-0.3, -0.25) is 14.9 Å². The number of rotatable bonds is 9. The zero-order valence-electron chi connectivity index (χ0n) is 25.7. The lowest BCUT2D eigenvalue weighted by atomic mass is 9.88. The first-order valence-corrected chi connectivity index (χ1v) is 15.5. The first-order chi connectivity index (χ1) is 22.4. The molecule has 0 atom stereocenters. The quantitative estimate of drug-likeness (QED) is 0.173. The summed E-state index contributed by atoms with van der Waals surface area (Å²) in [5.74, 6) is 0.608. The molecule has 1 saturated carbocycles. The molecule has 1 aliphatic rings. The van der Waals surface area contributed by atoms with Gasteiger partial charge in [-0.1, -0.05) is 19.3 Å². The third kappa shape index (κ3) is 6.16. The second-order valence-electron chi connectivity index (χ2n) is 11.9. The number of aromatic amines is 2. The van der Waals surface area contributed by atoms with Crippen LogP contribution in [0.4, 0.5) is 10.1 Å². The van der Waals surface area contributed by atoms with Gasteiger partial charge in [0, 0.05) is 42.0 Å². The summed E-state index contributed by atoms with van der Waals surface area (Å²) >= 11 is 0. The highest BCUT2D eigenvalue weighted by molar-refractivity contribution is 5.96. The van der Waals surface area contributed by atoms with Gasteiger partial charge in [0.15, 0.2) is 17.2 Å². The third-order valence-corrected chi connectivity index (χ3v) is 8.29. The molecule has 0 radical (unpaired) electrons. The Balaban J connectivity index is 1.19. The molecule has 1 aromatic carbocycles. The number of ether oxygens (including phenoxy) is 1. The van der Waals surface area contributed by atoms with Gasteiger partial charge < -0.3 is 19.9 Å². The number of aromatic nitrogens is 7. The lowest BCUT2D eigenvalue weighted by molar-refractivity contribution is -0.120. The Morgan fingerprint density at radius 1 is 1.04 bits per heavy atom. The number of anilines is 1. The highest BCUT2D eigenvalue weighted by Crippen LogP contribution is 2.33. The summed E-state index contributed by atoms with van der Waals surface area (Å²) in [5.41, 5.74) is 6.40. The van der Waals surface area contributed by atoms with Crippen LogP contribution in [0, 0.1) is 11.7 Å². The molecule has 7 rings (SSSR count). The van der Waals surface area contributed by atoms with E-state index in [0.29, 0.717) is 64.0 Å². The monoisotopic (exact) mass is 619 g/mol. The van der Waals surface area contributed by atoms with Crippen LogP contribution in [0.1, 0.15) is 32.1 Å². The molecule has 1 amide bonds. The first-order valence-electron chi connectivity index (χ1n) is 15.5. The second kappa shape index (κ2) is 12.6. The molecule has 1 fully saturated rings. The number of halogens is 1. The number of amides is 1. The van der Waals surface area contributed by atoms with Gasteiger partial charge in [0.25, 0.3) is 0 Å². The Morgan fingerprint density at radius 3 is 2.76 bits per heavy atom. The van der Waals surface area contributed by atoms with Crippen molar-refractivity contribution in [1.29, 1.82) is 0 Å². The van der Waals surface area contributed by atoms with Crippen molar-refractivity contribution < 1.29 is 13.9 Å². The minimum Gasteiger partial charge on any atom is -0.492 e. The van der Waals surface area contributed by atoms with Crippen molar-refractivity contribution >= 4 is 33.8 Å². The second-order valence-corrected chi connectivity index (χ2v) is 11.9. The standard InChI is InChI=1S/C34H34FN9O2/c1-44(2)12-13-46-25-16-21(14-23(35)17-25)26-10-11-37-32-29(26)40-33(41-32)31-30-28(42-43-31)9-8-27(39-30)22-15-24(19-36-18-22)38-34(45)20-6-4-3-5-7-20/h8-11,14-20H,3-7,12-13H2,1-2H3,(H,38,45)(H,42,43)(H,37,40,41). The molecule has 0 saturated heterocycles. The van der Waals surface area contributed by atoms with Gasteiger partial charge in [-0.25, -0.2) is 19.3 Å². The molecular weight excluding hydrogens is 585 g/mol. The third-order valence-electron chi connectivity index (χ3n) is 8.29. The maximum absolute atomic E-state index is 14.7. The van der Waals surface area contributed by atoms with Crippen molar-refractivity contribution in [3.8, 4) is 39.7 Å². The van der Waals surface area contributed by atoms with Crippen LogP contribution >= 0.6 is 0 Å².